The summed E-state index contributed by atoms with van der Waals surface area (Å²) in [6, 6.07) is -0.231. The monoisotopic (exact) mass is 850 g/mol. The first-order chi connectivity index (χ1) is 28.3. The van der Waals surface area contributed by atoms with Crippen molar-refractivity contribution in [2.45, 2.75) is 38.3 Å². The van der Waals surface area contributed by atoms with Gasteiger partial charge in [-0.25, -0.2) is 14.4 Å². The zero-order chi connectivity index (χ0) is 44.2. The maximum atomic E-state index is 12.6. The molecule has 0 N–H and O–H groups in total. The molecule has 340 valence electrons. The Balaban J connectivity index is 0.000000314. The van der Waals surface area contributed by atoms with Gasteiger partial charge in [-0.2, -0.15) is 15.0 Å². The van der Waals surface area contributed by atoms with Crippen molar-refractivity contribution in [2.75, 3.05) is 167 Å². The molecule has 25 nitrogen and oxygen atoms in total. The van der Waals surface area contributed by atoms with E-state index in [1.807, 2.05) is 27.9 Å². The Labute approximate surface area is 347 Å². The highest BCUT2D eigenvalue weighted by atomic mass is 16.5. The lowest BCUT2D eigenvalue weighted by Gasteiger charge is -2.28. The first-order valence-corrected chi connectivity index (χ1v) is 18.4. The van der Waals surface area contributed by atoms with Crippen LogP contribution in [-0.4, -0.2) is 239 Å². The number of rotatable bonds is 23. The maximum Gasteiger partial charge on any atom is 0.327 e. The van der Waals surface area contributed by atoms with E-state index < -0.39 is 12.3 Å². The van der Waals surface area contributed by atoms with Crippen LogP contribution in [0.15, 0.2) is 0 Å². The number of methoxy groups -OCH3 is 10. The number of hydrogen-bond acceptors (Lipinski definition) is 19. The minimum atomic E-state index is -0.523. The van der Waals surface area contributed by atoms with Gasteiger partial charge in [0, 0.05) is 85.2 Å². The number of nitrogens with zero attached hydrogens (tertiary/aromatic N) is 12. The van der Waals surface area contributed by atoms with Gasteiger partial charge in [0.2, 0.25) is 17.8 Å². The molecule has 3 aliphatic rings. The summed E-state index contributed by atoms with van der Waals surface area (Å²) in [7, 11) is 19.2. The normalized spacial score (nSPS) is 19.9. The van der Waals surface area contributed by atoms with Gasteiger partial charge in [0.05, 0.1) is 12.1 Å². The van der Waals surface area contributed by atoms with Gasteiger partial charge in [0.25, 0.3) is 0 Å². The van der Waals surface area contributed by atoms with E-state index in [9.17, 15) is 14.4 Å². The fourth-order valence-electron chi connectivity index (χ4n) is 6.30. The molecule has 0 saturated carbocycles. The van der Waals surface area contributed by atoms with Gasteiger partial charge in [0.15, 0.2) is 12.3 Å². The number of hydrogen-bond donors (Lipinski definition) is 0. The summed E-state index contributed by atoms with van der Waals surface area (Å²) in [6.07, 6.45) is -1.05. The van der Waals surface area contributed by atoms with Gasteiger partial charge in [-0.3, -0.25) is 34.3 Å². The van der Waals surface area contributed by atoms with Crippen molar-refractivity contribution in [1.82, 2.24) is 44.4 Å². The molecular weight excluding hydrogens is 784 g/mol. The third kappa shape index (κ3) is 12.9. The van der Waals surface area contributed by atoms with Crippen LogP contribution in [0.1, 0.15) is 13.8 Å². The van der Waals surface area contributed by atoms with Crippen LogP contribution in [0.2, 0.25) is 0 Å². The molecule has 3 fully saturated rings. The van der Waals surface area contributed by atoms with Crippen LogP contribution in [0.3, 0.4) is 0 Å². The zero-order valence-electron chi connectivity index (χ0n) is 37.1. The van der Waals surface area contributed by atoms with E-state index in [1.54, 1.807) is 67.2 Å². The van der Waals surface area contributed by atoms with Crippen molar-refractivity contribution < 1.29 is 61.8 Å². The maximum absolute atomic E-state index is 12.6. The van der Waals surface area contributed by atoms with Crippen LogP contribution in [0, 0.1) is 0 Å². The second-order valence-electron chi connectivity index (χ2n) is 13.3. The molecule has 6 amide bonds. The van der Waals surface area contributed by atoms with Crippen LogP contribution >= 0.6 is 0 Å². The summed E-state index contributed by atoms with van der Waals surface area (Å²) in [6.45, 7) is 6.24. The fourth-order valence-corrected chi connectivity index (χ4v) is 6.30. The number of carbonyl (C=O) groups is 3. The number of aromatic nitrogens is 3. The number of urea groups is 3. The molecule has 4 rings (SSSR count). The Hall–Kier alpha value is -4.18. The molecule has 3 aliphatic heterocycles. The highest BCUT2D eigenvalue weighted by Crippen LogP contribution is 2.34. The van der Waals surface area contributed by atoms with Crippen molar-refractivity contribution in [3.8, 4) is 0 Å². The summed E-state index contributed by atoms with van der Waals surface area (Å²) >= 11 is 0. The van der Waals surface area contributed by atoms with Crippen LogP contribution in [0.4, 0.5) is 32.2 Å². The molecule has 2 unspecified atom stereocenters. The molecule has 1 aromatic rings. The number of anilines is 3. The summed E-state index contributed by atoms with van der Waals surface area (Å²) in [5.74, 6) is 1.40. The minimum Gasteiger partial charge on any atom is -0.364 e. The third-order valence-corrected chi connectivity index (χ3v) is 9.09. The van der Waals surface area contributed by atoms with E-state index in [-0.39, 0.29) is 57.1 Å². The van der Waals surface area contributed by atoms with Crippen molar-refractivity contribution >= 4 is 35.9 Å². The van der Waals surface area contributed by atoms with Gasteiger partial charge in [-0.05, 0) is 13.8 Å². The summed E-state index contributed by atoms with van der Waals surface area (Å²) < 4.78 is 50.9. The Morgan fingerprint density at radius 3 is 0.932 bits per heavy atom. The SMILES string of the molecule is COCN(C)c1nc(N(C)COC)nc(N(COC)COC)n1.COCN1C(=O)N(COC)C(C)C1C.COCN1C(=O)N(COC)C2C1N(COC)C(=O)N2COC. The largest absolute Gasteiger partial charge is 0.364 e. The average molecular weight is 851 g/mol. The van der Waals surface area contributed by atoms with Crippen LogP contribution in [0.5, 0.6) is 0 Å². The number of carbonyl (C=O) groups excluding carboxylic acids is 3. The van der Waals surface area contributed by atoms with Gasteiger partial charge in [0.1, 0.15) is 67.3 Å². The molecule has 0 aliphatic carbocycles. The van der Waals surface area contributed by atoms with Gasteiger partial charge >= 0.3 is 18.1 Å². The van der Waals surface area contributed by atoms with Crippen molar-refractivity contribution in [2.24, 2.45) is 0 Å². The quantitative estimate of drug-likeness (QED) is 0.135. The van der Waals surface area contributed by atoms with E-state index in [2.05, 4.69) is 15.0 Å². The van der Waals surface area contributed by atoms with E-state index in [0.29, 0.717) is 58.2 Å². The van der Waals surface area contributed by atoms with E-state index >= 15 is 0 Å². The second-order valence-corrected chi connectivity index (χ2v) is 13.3. The predicted octanol–water partition coefficient (Wildman–Crippen LogP) is 0.204. The Morgan fingerprint density at radius 2 is 0.661 bits per heavy atom. The van der Waals surface area contributed by atoms with Gasteiger partial charge < -0.3 is 57.2 Å². The lowest BCUT2D eigenvalue weighted by Crippen LogP contribution is -2.48. The Kier molecular flexibility index (Phi) is 22.6. The molecule has 59 heavy (non-hydrogen) atoms. The van der Waals surface area contributed by atoms with E-state index in [4.69, 9.17) is 47.4 Å². The smallest absolute Gasteiger partial charge is 0.327 e. The topological polar surface area (TPSA) is 211 Å². The standard InChI is InChI=1S/C13H26N6O4.C12H22N4O6.C9H18N2O3/c1-17(7-20-3)11-14-12(18(2)8-21-4)16-13(15-11)19(9-22-5)10-23-6;1-19-5-13-9-10(15(7-21-3)11(13)17)16(8-22-4)12(18)14(9)6-20-2;1-7-8(2)11(6-14-4)9(12)10(7)5-13-3/h7-10H2,1-6H3;9-10H,5-8H2,1-4H3;7-8H,5-6H2,1-4H3. The van der Waals surface area contributed by atoms with Crippen molar-refractivity contribution in [3.05, 3.63) is 0 Å². The highest BCUT2D eigenvalue weighted by Gasteiger charge is 2.59. The third-order valence-electron chi connectivity index (χ3n) is 9.09. The molecule has 2 atom stereocenters. The lowest BCUT2D eigenvalue weighted by atomic mass is 10.2. The second kappa shape index (κ2) is 26.1. The van der Waals surface area contributed by atoms with E-state index in [0.717, 1.165) is 0 Å². The number of amides is 6. The van der Waals surface area contributed by atoms with Crippen molar-refractivity contribution in [3.63, 3.8) is 0 Å². The Morgan fingerprint density at radius 1 is 0.407 bits per heavy atom. The zero-order valence-corrected chi connectivity index (χ0v) is 37.1. The van der Waals surface area contributed by atoms with Crippen molar-refractivity contribution in [1.29, 1.82) is 0 Å². The molecule has 4 heterocycles. The minimum absolute atomic E-state index is 0.0197. The fraction of sp³-hybridized carbons (Fsp3) is 0.824. The number of ether oxygens (including phenoxy) is 10. The van der Waals surface area contributed by atoms with Crippen LogP contribution in [-0.2, 0) is 47.4 Å². The number of fused-ring (bicyclic) bond motifs is 1. The predicted molar refractivity (Wildman–Crippen MR) is 212 cm³/mol. The van der Waals surface area contributed by atoms with Crippen LogP contribution in [0.25, 0.3) is 0 Å². The lowest BCUT2D eigenvalue weighted by molar-refractivity contribution is -0.0135. The molecule has 3 saturated heterocycles. The first-order valence-electron chi connectivity index (χ1n) is 18.4. The van der Waals surface area contributed by atoms with Gasteiger partial charge in [-0.1, -0.05) is 0 Å². The highest BCUT2D eigenvalue weighted by molar-refractivity contribution is 5.85. The molecule has 0 spiro atoms. The molecular formula is C34H66N12O13. The summed E-state index contributed by atoms with van der Waals surface area (Å²) in [5.41, 5.74) is 0. The molecule has 0 aromatic carbocycles. The molecule has 0 bridgehead atoms. The molecule has 1 aromatic heterocycles. The van der Waals surface area contributed by atoms with Crippen LogP contribution < -0.4 is 14.7 Å². The molecule has 0 radical (unpaired) electrons. The van der Waals surface area contributed by atoms with Gasteiger partial charge in [-0.15, -0.1) is 0 Å². The van der Waals surface area contributed by atoms with E-state index in [1.165, 1.54) is 48.0 Å². The summed E-state index contributed by atoms with van der Waals surface area (Å²) in [4.78, 5) is 64.8. The summed E-state index contributed by atoms with van der Waals surface area (Å²) in [5, 5.41) is 0. The first kappa shape index (κ1) is 51.0. The molecule has 25 heteroatoms. The Bertz CT molecular complexity index is 1280. The average Bonchev–Trinajstić information content (AvgIpc) is 3.71.